The summed E-state index contributed by atoms with van der Waals surface area (Å²) in [6.07, 6.45) is 42.1. The van der Waals surface area contributed by atoms with E-state index < -0.39 is 20.0 Å². The molecule has 0 heterocycles. The summed E-state index contributed by atoms with van der Waals surface area (Å²) in [7, 11) is 1.56. The standard InChI is InChI=1S/C43H83N2O6P/c1-6-8-10-12-14-16-18-20-21-22-23-25-26-28-30-32-34-36-42(46)41(40-51-52(48,49)50-39-38-45(3,4)5)44-43(47)37-35-33-31-29-27-24-19-17-15-13-11-9-7-2/h11,13,17,19,34,36,41-42,46H,6-10,12,14-16,18,20-33,35,37-40H2,1-5H3,(H-,44,47,48,49)/p+1/b13-11-,19-17-,36-34+. The molecule has 0 aromatic carbocycles. The Kier molecular flexibility index (Phi) is 34.6. The van der Waals surface area contributed by atoms with E-state index in [4.69, 9.17) is 9.05 Å². The minimum atomic E-state index is -4.34. The van der Waals surface area contributed by atoms with Crippen LogP contribution < -0.4 is 5.32 Å². The van der Waals surface area contributed by atoms with Crippen LogP contribution in [0.5, 0.6) is 0 Å². The first-order valence-electron chi connectivity index (χ1n) is 21.4. The Hall–Kier alpha value is -1.28. The molecule has 0 aliphatic rings. The smallest absolute Gasteiger partial charge is 0.387 e. The van der Waals surface area contributed by atoms with Crippen LogP contribution in [-0.2, 0) is 18.4 Å². The van der Waals surface area contributed by atoms with Crippen molar-refractivity contribution < 1.29 is 32.9 Å². The fourth-order valence-corrected chi connectivity index (χ4v) is 6.64. The van der Waals surface area contributed by atoms with Gasteiger partial charge in [-0.2, -0.15) is 0 Å². The maximum atomic E-state index is 12.8. The van der Waals surface area contributed by atoms with Crippen LogP contribution in [-0.4, -0.2) is 73.4 Å². The van der Waals surface area contributed by atoms with Crippen molar-refractivity contribution in [2.75, 3.05) is 40.9 Å². The Morgan fingerprint density at radius 1 is 0.654 bits per heavy atom. The van der Waals surface area contributed by atoms with Gasteiger partial charge in [-0.3, -0.25) is 13.8 Å². The predicted molar refractivity (Wildman–Crippen MR) is 221 cm³/mol. The number of nitrogens with one attached hydrogen (secondary N) is 1. The van der Waals surface area contributed by atoms with Crippen molar-refractivity contribution in [1.29, 1.82) is 0 Å². The number of phosphoric ester groups is 1. The van der Waals surface area contributed by atoms with Gasteiger partial charge in [0.05, 0.1) is 39.9 Å². The molecule has 3 N–H and O–H groups in total. The monoisotopic (exact) mass is 756 g/mol. The average Bonchev–Trinajstić information content (AvgIpc) is 3.09. The summed E-state index contributed by atoms with van der Waals surface area (Å²) in [5.74, 6) is -0.193. The lowest BCUT2D eigenvalue weighted by Crippen LogP contribution is -2.45. The zero-order chi connectivity index (χ0) is 38.6. The van der Waals surface area contributed by atoms with E-state index in [2.05, 4.69) is 43.5 Å². The van der Waals surface area contributed by atoms with Crippen LogP contribution >= 0.6 is 7.82 Å². The van der Waals surface area contributed by atoms with E-state index in [9.17, 15) is 19.4 Å². The first kappa shape index (κ1) is 50.7. The van der Waals surface area contributed by atoms with E-state index in [0.29, 0.717) is 17.4 Å². The number of amides is 1. The van der Waals surface area contributed by atoms with Crippen molar-refractivity contribution in [3.8, 4) is 0 Å². The number of rotatable bonds is 38. The van der Waals surface area contributed by atoms with Crippen molar-refractivity contribution in [1.82, 2.24) is 5.32 Å². The molecule has 3 atom stereocenters. The number of carbonyl (C=O) groups excluding carboxylic acids is 1. The number of hydrogen-bond donors (Lipinski definition) is 3. The quantitative estimate of drug-likeness (QED) is 0.0251. The van der Waals surface area contributed by atoms with Gasteiger partial charge in [0.2, 0.25) is 5.91 Å². The first-order valence-corrected chi connectivity index (χ1v) is 22.9. The number of unbranched alkanes of at least 4 members (excludes halogenated alkanes) is 21. The SMILES string of the molecule is CCC/C=C\C/C=C\CCCCCCCC(=O)NC(COP(=O)(O)OCC[N+](C)(C)C)C(O)/C=C/CCCCCCCCCCCCCCCCC. The largest absolute Gasteiger partial charge is 0.472 e. The number of aliphatic hydroxyl groups is 1. The van der Waals surface area contributed by atoms with E-state index >= 15 is 0 Å². The summed E-state index contributed by atoms with van der Waals surface area (Å²) in [4.78, 5) is 23.0. The second-order valence-electron chi connectivity index (χ2n) is 15.7. The zero-order valence-electron chi connectivity index (χ0n) is 34.5. The number of hydrogen-bond acceptors (Lipinski definition) is 5. The summed E-state index contributed by atoms with van der Waals surface area (Å²) in [5.41, 5.74) is 0. The fraction of sp³-hybridized carbons (Fsp3) is 0.837. The van der Waals surface area contributed by atoms with Gasteiger partial charge in [0.1, 0.15) is 13.2 Å². The van der Waals surface area contributed by atoms with E-state index in [1.807, 2.05) is 27.2 Å². The van der Waals surface area contributed by atoms with Gasteiger partial charge in [0, 0.05) is 6.42 Å². The van der Waals surface area contributed by atoms with Gasteiger partial charge in [-0.05, 0) is 44.9 Å². The highest BCUT2D eigenvalue weighted by Gasteiger charge is 2.27. The van der Waals surface area contributed by atoms with Gasteiger partial charge in [0.25, 0.3) is 0 Å². The summed E-state index contributed by atoms with van der Waals surface area (Å²) in [6.45, 7) is 4.73. The molecule has 0 aromatic rings. The fourth-order valence-electron chi connectivity index (χ4n) is 5.90. The van der Waals surface area contributed by atoms with Crippen LogP contribution in [0.15, 0.2) is 36.5 Å². The lowest BCUT2D eigenvalue weighted by molar-refractivity contribution is -0.870. The predicted octanol–water partition coefficient (Wildman–Crippen LogP) is 11.5. The van der Waals surface area contributed by atoms with Gasteiger partial charge >= 0.3 is 7.82 Å². The van der Waals surface area contributed by atoms with Crippen molar-refractivity contribution in [2.24, 2.45) is 0 Å². The second-order valence-corrected chi connectivity index (χ2v) is 17.2. The molecule has 1 amide bonds. The Labute approximate surface area is 321 Å². The third-order valence-electron chi connectivity index (χ3n) is 9.34. The molecule has 0 aromatic heterocycles. The summed E-state index contributed by atoms with van der Waals surface area (Å²) in [5, 5.41) is 13.8. The number of likely N-dealkylation sites (N-methyl/N-ethyl adjacent to an activating group) is 1. The highest BCUT2D eigenvalue weighted by molar-refractivity contribution is 7.47. The van der Waals surface area contributed by atoms with Gasteiger partial charge in [0.15, 0.2) is 0 Å². The minimum absolute atomic E-state index is 0.0582. The maximum Gasteiger partial charge on any atom is 0.472 e. The van der Waals surface area contributed by atoms with Gasteiger partial charge in [-0.25, -0.2) is 4.57 Å². The molecule has 0 fully saturated rings. The molecule has 0 rings (SSSR count). The third-order valence-corrected chi connectivity index (χ3v) is 10.3. The molecule has 8 nitrogen and oxygen atoms in total. The van der Waals surface area contributed by atoms with Crippen LogP contribution in [0.3, 0.4) is 0 Å². The number of quaternary nitrogens is 1. The Bertz CT molecular complexity index is 948. The Morgan fingerprint density at radius 3 is 1.65 bits per heavy atom. The average molecular weight is 756 g/mol. The molecule has 306 valence electrons. The molecule has 52 heavy (non-hydrogen) atoms. The van der Waals surface area contributed by atoms with Crippen LogP contribution in [0.1, 0.15) is 181 Å². The molecule has 0 radical (unpaired) electrons. The summed E-state index contributed by atoms with van der Waals surface area (Å²) in [6, 6.07) is -0.851. The molecule has 0 spiro atoms. The van der Waals surface area contributed by atoms with Gasteiger partial charge < -0.3 is 19.8 Å². The lowest BCUT2D eigenvalue weighted by Gasteiger charge is -2.25. The van der Waals surface area contributed by atoms with Crippen LogP contribution in [0.2, 0.25) is 0 Å². The van der Waals surface area contributed by atoms with Crippen LogP contribution in [0.4, 0.5) is 0 Å². The molecular weight excluding hydrogens is 671 g/mol. The van der Waals surface area contributed by atoms with Crippen LogP contribution in [0, 0.1) is 0 Å². The molecule has 0 saturated carbocycles. The normalized spacial score (nSPS) is 14.8. The molecular formula is C43H84N2O6P+. The van der Waals surface area contributed by atoms with Crippen molar-refractivity contribution in [3.63, 3.8) is 0 Å². The number of aliphatic hydroxyl groups excluding tert-OH is 1. The van der Waals surface area contributed by atoms with E-state index in [1.54, 1.807) is 6.08 Å². The zero-order valence-corrected chi connectivity index (χ0v) is 35.4. The number of allylic oxidation sites excluding steroid dienone is 5. The van der Waals surface area contributed by atoms with E-state index in [0.717, 1.165) is 70.6 Å². The molecule has 0 aliphatic heterocycles. The topological polar surface area (TPSA) is 105 Å². The number of phosphoric acid groups is 1. The highest BCUT2D eigenvalue weighted by atomic mass is 31.2. The number of carbonyl (C=O) groups is 1. The van der Waals surface area contributed by atoms with Crippen LogP contribution in [0.25, 0.3) is 0 Å². The molecule has 3 unspecified atom stereocenters. The first-order chi connectivity index (χ1) is 25.0. The molecule has 9 heteroatoms. The maximum absolute atomic E-state index is 12.8. The second kappa shape index (κ2) is 35.4. The van der Waals surface area contributed by atoms with E-state index in [-0.39, 0.29) is 19.1 Å². The van der Waals surface area contributed by atoms with E-state index in [1.165, 1.54) is 89.9 Å². The third kappa shape index (κ3) is 37.1. The van der Waals surface area contributed by atoms with Crippen molar-refractivity contribution >= 4 is 13.7 Å². The number of nitrogens with zero attached hydrogens (tertiary/aromatic N) is 1. The summed E-state index contributed by atoms with van der Waals surface area (Å²) >= 11 is 0. The van der Waals surface area contributed by atoms with Crippen molar-refractivity contribution in [3.05, 3.63) is 36.5 Å². The Balaban J connectivity index is 4.47. The van der Waals surface area contributed by atoms with Crippen molar-refractivity contribution in [2.45, 2.75) is 193 Å². The minimum Gasteiger partial charge on any atom is -0.387 e. The molecule has 0 bridgehead atoms. The Morgan fingerprint density at radius 2 is 1.13 bits per heavy atom. The molecule has 0 aliphatic carbocycles. The van der Waals surface area contributed by atoms with Gasteiger partial charge in [-0.15, -0.1) is 0 Å². The summed E-state index contributed by atoms with van der Waals surface area (Å²) < 4.78 is 23.5. The van der Waals surface area contributed by atoms with Gasteiger partial charge in [-0.1, -0.05) is 166 Å². The highest BCUT2D eigenvalue weighted by Crippen LogP contribution is 2.43. The lowest BCUT2D eigenvalue weighted by atomic mass is 10.0. The molecule has 0 saturated heterocycles.